The van der Waals surface area contributed by atoms with Crippen molar-refractivity contribution in [2.24, 2.45) is 0 Å². The average molecular weight is 294 g/mol. The lowest BCUT2D eigenvalue weighted by Gasteiger charge is -2.15. The minimum atomic E-state index is -0.457. The van der Waals surface area contributed by atoms with Crippen molar-refractivity contribution in [2.75, 3.05) is 13.7 Å². The van der Waals surface area contributed by atoms with E-state index in [0.29, 0.717) is 11.9 Å². The predicted octanol–water partition coefficient (Wildman–Crippen LogP) is 3.88. The fourth-order valence-corrected chi connectivity index (χ4v) is 2.89. The Morgan fingerprint density at radius 3 is 2.60 bits per heavy atom. The van der Waals surface area contributed by atoms with Crippen LogP contribution in [0.2, 0.25) is 0 Å². The summed E-state index contributed by atoms with van der Waals surface area (Å²) in [5.74, 6) is 0.428. The van der Waals surface area contributed by atoms with E-state index < -0.39 is 5.79 Å². The van der Waals surface area contributed by atoms with Gasteiger partial charge >= 0.3 is 0 Å². The number of benzene rings is 1. The molecule has 0 saturated carbocycles. The van der Waals surface area contributed by atoms with Gasteiger partial charge in [-0.15, -0.1) is 11.8 Å². The van der Waals surface area contributed by atoms with Crippen LogP contribution in [-0.2, 0) is 9.47 Å². The third kappa shape index (κ3) is 4.54. The van der Waals surface area contributed by atoms with Crippen molar-refractivity contribution >= 4 is 11.8 Å². The Morgan fingerprint density at radius 2 is 2.05 bits per heavy atom. The van der Waals surface area contributed by atoms with E-state index in [1.54, 1.807) is 7.11 Å². The standard InChI is InChI=1S/C16H22O3S/c1-12(5-6-14-11-18-16(2,3)19-14)20-15-9-7-13(17-4)8-10-15/h5-10,12,14H,11H2,1-4H3/b6-5-/t12-,14+/m1/s1. The molecule has 20 heavy (non-hydrogen) atoms. The summed E-state index contributed by atoms with van der Waals surface area (Å²) < 4.78 is 16.4. The van der Waals surface area contributed by atoms with E-state index in [1.807, 2.05) is 37.7 Å². The number of hydrogen-bond donors (Lipinski definition) is 0. The van der Waals surface area contributed by atoms with E-state index in [-0.39, 0.29) is 6.10 Å². The number of hydrogen-bond acceptors (Lipinski definition) is 4. The molecule has 1 aliphatic rings. The quantitative estimate of drug-likeness (QED) is 0.608. The molecule has 3 nitrogen and oxygen atoms in total. The Morgan fingerprint density at radius 1 is 1.35 bits per heavy atom. The maximum absolute atomic E-state index is 5.74. The van der Waals surface area contributed by atoms with Gasteiger partial charge in [-0.05, 0) is 45.0 Å². The lowest BCUT2D eigenvalue weighted by molar-refractivity contribution is -0.133. The second-order valence-corrected chi connectivity index (χ2v) is 6.70. The summed E-state index contributed by atoms with van der Waals surface area (Å²) in [7, 11) is 1.68. The van der Waals surface area contributed by atoms with E-state index >= 15 is 0 Å². The van der Waals surface area contributed by atoms with Gasteiger partial charge in [0.25, 0.3) is 0 Å². The molecular formula is C16H22O3S. The molecule has 1 aliphatic heterocycles. The molecule has 0 aromatic heterocycles. The zero-order valence-electron chi connectivity index (χ0n) is 12.5. The minimum absolute atomic E-state index is 0.0592. The summed E-state index contributed by atoms with van der Waals surface area (Å²) in [6, 6.07) is 8.11. The third-order valence-electron chi connectivity index (χ3n) is 3.01. The fraction of sp³-hybridized carbons (Fsp3) is 0.500. The number of rotatable bonds is 5. The Kier molecular flexibility index (Phi) is 5.13. The van der Waals surface area contributed by atoms with Crippen LogP contribution in [0.1, 0.15) is 20.8 Å². The fourth-order valence-electron chi connectivity index (χ4n) is 2.00. The molecule has 1 fully saturated rings. The molecule has 1 aromatic carbocycles. The van der Waals surface area contributed by atoms with Gasteiger partial charge in [0, 0.05) is 10.1 Å². The van der Waals surface area contributed by atoms with Crippen LogP contribution in [0.5, 0.6) is 5.75 Å². The zero-order chi connectivity index (χ0) is 14.6. The van der Waals surface area contributed by atoms with Gasteiger partial charge in [-0.2, -0.15) is 0 Å². The van der Waals surface area contributed by atoms with Gasteiger partial charge in [0.15, 0.2) is 5.79 Å². The van der Waals surface area contributed by atoms with E-state index in [9.17, 15) is 0 Å². The van der Waals surface area contributed by atoms with Crippen LogP contribution in [0, 0.1) is 0 Å². The van der Waals surface area contributed by atoms with Crippen LogP contribution in [-0.4, -0.2) is 30.9 Å². The highest BCUT2D eigenvalue weighted by Crippen LogP contribution is 2.27. The second-order valence-electron chi connectivity index (χ2n) is 5.25. The Labute approximate surface area is 125 Å². The number of thioether (sulfide) groups is 1. The zero-order valence-corrected chi connectivity index (χ0v) is 13.3. The molecule has 1 saturated heterocycles. The highest BCUT2D eigenvalue weighted by Gasteiger charge is 2.30. The average Bonchev–Trinajstić information content (AvgIpc) is 2.77. The van der Waals surface area contributed by atoms with Crippen molar-refractivity contribution in [3.05, 3.63) is 36.4 Å². The van der Waals surface area contributed by atoms with Gasteiger partial charge in [0.05, 0.1) is 13.7 Å². The monoisotopic (exact) mass is 294 g/mol. The van der Waals surface area contributed by atoms with Gasteiger partial charge in [0.1, 0.15) is 11.9 Å². The molecule has 0 spiro atoms. The molecular weight excluding hydrogens is 272 g/mol. The maximum Gasteiger partial charge on any atom is 0.163 e. The summed E-state index contributed by atoms with van der Waals surface area (Å²) in [6.07, 6.45) is 4.32. The maximum atomic E-state index is 5.74. The molecule has 0 N–H and O–H groups in total. The van der Waals surface area contributed by atoms with Crippen LogP contribution < -0.4 is 4.74 Å². The first-order chi connectivity index (χ1) is 9.48. The SMILES string of the molecule is COc1ccc(S[C@H](C)/C=C\[C@H]2COC(C)(C)O2)cc1. The lowest BCUT2D eigenvalue weighted by Crippen LogP contribution is -2.20. The first kappa shape index (κ1) is 15.4. The normalized spacial score (nSPS) is 23.1. The molecule has 2 rings (SSSR count). The Balaban J connectivity index is 1.84. The van der Waals surface area contributed by atoms with E-state index in [2.05, 4.69) is 31.2 Å². The predicted molar refractivity (Wildman–Crippen MR) is 82.4 cm³/mol. The third-order valence-corrected chi connectivity index (χ3v) is 4.08. The second kappa shape index (κ2) is 6.66. The molecule has 0 bridgehead atoms. The summed E-state index contributed by atoms with van der Waals surface area (Å²) in [5, 5.41) is 0.385. The summed E-state index contributed by atoms with van der Waals surface area (Å²) >= 11 is 1.81. The van der Waals surface area contributed by atoms with Crippen molar-refractivity contribution in [1.82, 2.24) is 0 Å². The van der Waals surface area contributed by atoms with Crippen molar-refractivity contribution in [3.8, 4) is 5.75 Å². The van der Waals surface area contributed by atoms with E-state index in [0.717, 1.165) is 5.75 Å². The molecule has 0 aliphatic carbocycles. The number of methoxy groups -OCH3 is 1. The molecule has 1 aromatic rings. The van der Waals surface area contributed by atoms with Crippen LogP contribution in [0.25, 0.3) is 0 Å². The molecule has 1 heterocycles. The van der Waals surface area contributed by atoms with Gasteiger partial charge in [0.2, 0.25) is 0 Å². The summed E-state index contributed by atoms with van der Waals surface area (Å²) in [5.41, 5.74) is 0. The topological polar surface area (TPSA) is 27.7 Å². The van der Waals surface area contributed by atoms with Gasteiger partial charge in [-0.1, -0.05) is 12.2 Å². The van der Waals surface area contributed by atoms with Crippen molar-refractivity contribution < 1.29 is 14.2 Å². The van der Waals surface area contributed by atoms with Crippen LogP contribution in [0.4, 0.5) is 0 Å². The highest BCUT2D eigenvalue weighted by atomic mass is 32.2. The van der Waals surface area contributed by atoms with Gasteiger partial charge in [-0.25, -0.2) is 0 Å². The van der Waals surface area contributed by atoms with Crippen LogP contribution in [0.3, 0.4) is 0 Å². The van der Waals surface area contributed by atoms with Crippen molar-refractivity contribution in [3.63, 3.8) is 0 Å². The molecule has 110 valence electrons. The van der Waals surface area contributed by atoms with Crippen molar-refractivity contribution in [2.45, 2.75) is 42.8 Å². The van der Waals surface area contributed by atoms with Crippen LogP contribution >= 0.6 is 11.8 Å². The lowest BCUT2D eigenvalue weighted by atomic mass is 10.3. The van der Waals surface area contributed by atoms with Gasteiger partial charge < -0.3 is 14.2 Å². The highest BCUT2D eigenvalue weighted by molar-refractivity contribution is 8.00. The first-order valence-electron chi connectivity index (χ1n) is 6.79. The van der Waals surface area contributed by atoms with E-state index in [4.69, 9.17) is 14.2 Å². The smallest absolute Gasteiger partial charge is 0.163 e. The number of ether oxygens (including phenoxy) is 3. The van der Waals surface area contributed by atoms with Crippen molar-refractivity contribution in [1.29, 1.82) is 0 Å². The largest absolute Gasteiger partial charge is 0.497 e. The summed E-state index contributed by atoms with van der Waals surface area (Å²) in [4.78, 5) is 1.23. The summed E-state index contributed by atoms with van der Waals surface area (Å²) in [6.45, 7) is 6.68. The molecule has 0 amide bonds. The Hall–Kier alpha value is -0.970. The Bertz CT molecular complexity index is 453. The minimum Gasteiger partial charge on any atom is -0.497 e. The molecule has 0 radical (unpaired) electrons. The molecule has 4 heteroatoms. The van der Waals surface area contributed by atoms with Crippen LogP contribution in [0.15, 0.2) is 41.3 Å². The first-order valence-corrected chi connectivity index (χ1v) is 7.67. The van der Waals surface area contributed by atoms with E-state index in [1.165, 1.54) is 4.90 Å². The molecule has 0 unspecified atom stereocenters. The van der Waals surface area contributed by atoms with Gasteiger partial charge in [-0.3, -0.25) is 0 Å². The molecule has 2 atom stereocenters.